The summed E-state index contributed by atoms with van der Waals surface area (Å²) >= 11 is 0. The first-order chi connectivity index (χ1) is 14.6. The van der Waals surface area contributed by atoms with E-state index in [-0.39, 0.29) is 5.82 Å². The Balaban J connectivity index is 1.29. The van der Waals surface area contributed by atoms with Gasteiger partial charge in [0.1, 0.15) is 17.5 Å². The molecule has 8 heteroatoms. The molecule has 3 N–H and O–H groups in total. The summed E-state index contributed by atoms with van der Waals surface area (Å²) < 4.78 is 15.3. The maximum Gasteiger partial charge on any atom is 0.191 e. The molecule has 3 aromatic heterocycles. The van der Waals surface area contributed by atoms with Gasteiger partial charge >= 0.3 is 0 Å². The minimum atomic E-state index is -0.235. The summed E-state index contributed by atoms with van der Waals surface area (Å²) in [6.45, 7) is 3.27. The van der Waals surface area contributed by atoms with Gasteiger partial charge in [-0.25, -0.2) is 14.4 Å². The molecule has 0 unspecified atom stereocenters. The fourth-order valence-electron chi connectivity index (χ4n) is 3.37. The third-order valence-electron chi connectivity index (χ3n) is 4.98. The summed E-state index contributed by atoms with van der Waals surface area (Å²) in [5, 5.41) is 7.65. The van der Waals surface area contributed by atoms with E-state index in [1.54, 1.807) is 13.2 Å². The number of fused-ring (bicyclic) bond motifs is 1. The van der Waals surface area contributed by atoms with Crippen molar-refractivity contribution >= 4 is 16.9 Å². The minimum Gasteiger partial charge on any atom is -0.361 e. The molecule has 1 aromatic carbocycles. The summed E-state index contributed by atoms with van der Waals surface area (Å²) in [5.74, 6) is 2.23. The highest BCUT2D eigenvalue weighted by molar-refractivity contribution is 5.83. The zero-order chi connectivity index (χ0) is 20.9. The zero-order valence-corrected chi connectivity index (χ0v) is 17.0. The number of pyridine rings is 1. The van der Waals surface area contributed by atoms with Crippen LogP contribution in [0.2, 0.25) is 0 Å². The van der Waals surface area contributed by atoms with Crippen LogP contribution in [0.4, 0.5) is 4.39 Å². The second kappa shape index (κ2) is 8.77. The lowest BCUT2D eigenvalue weighted by Gasteiger charge is -2.12. The predicted molar refractivity (Wildman–Crippen MR) is 116 cm³/mol. The Labute approximate surface area is 174 Å². The molecule has 0 amide bonds. The molecular formula is C22H24FN7. The van der Waals surface area contributed by atoms with Crippen LogP contribution in [0.1, 0.15) is 17.0 Å². The van der Waals surface area contributed by atoms with Gasteiger partial charge in [0.25, 0.3) is 0 Å². The molecule has 0 aliphatic heterocycles. The number of rotatable bonds is 6. The lowest BCUT2D eigenvalue weighted by atomic mass is 10.1. The van der Waals surface area contributed by atoms with Gasteiger partial charge < -0.3 is 15.6 Å². The summed E-state index contributed by atoms with van der Waals surface area (Å²) in [7, 11) is 1.74. The first-order valence-electron chi connectivity index (χ1n) is 9.79. The molecule has 30 heavy (non-hydrogen) atoms. The van der Waals surface area contributed by atoms with Gasteiger partial charge in [0.2, 0.25) is 0 Å². The molecule has 154 valence electrons. The maximum absolute atomic E-state index is 13.3. The van der Waals surface area contributed by atoms with Crippen molar-refractivity contribution in [2.24, 2.45) is 4.99 Å². The molecule has 0 bridgehead atoms. The van der Waals surface area contributed by atoms with E-state index in [2.05, 4.69) is 30.6 Å². The molecule has 0 aliphatic carbocycles. The van der Waals surface area contributed by atoms with Gasteiger partial charge in [0.15, 0.2) is 5.96 Å². The normalized spacial score (nSPS) is 11.8. The number of aromatic amines is 1. The van der Waals surface area contributed by atoms with Crippen LogP contribution in [0.3, 0.4) is 0 Å². The molecule has 0 fully saturated rings. The largest absolute Gasteiger partial charge is 0.361 e. The number of hydrogen-bond acceptors (Lipinski definition) is 3. The number of hydrogen-bond donors (Lipinski definition) is 3. The Morgan fingerprint density at radius 1 is 1.20 bits per heavy atom. The Morgan fingerprint density at radius 2 is 2.10 bits per heavy atom. The van der Waals surface area contributed by atoms with E-state index in [0.29, 0.717) is 13.1 Å². The number of imidazole rings is 1. The van der Waals surface area contributed by atoms with E-state index >= 15 is 0 Å². The zero-order valence-electron chi connectivity index (χ0n) is 17.0. The van der Waals surface area contributed by atoms with Gasteiger partial charge in [0.05, 0.1) is 0 Å². The monoisotopic (exact) mass is 405 g/mol. The van der Waals surface area contributed by atoms with Crippen molar-refractivity contribution in [1.29, 1.82) is 0 Å². The minimum absolute atomic E-state index is 0.235. The number of nitrogens with one attached hydrogen (secondary N) is 3. The second-order valence-corrected chi connectivity index (χ2v) is 6.98. The number of halogens is 1. The molecule has 0 aliphatic rings. The van der Waals surface area contributed by atoms with Gasteiger partial charge in [-0.1, -0.05) is 6.07 Å². The molecule has 0 saturated carbocycles. The Hall–Kier alpha value is -3.68. The fraction of sp³-hybridized carbons (Fsp3) is 0.227. The quantitative estimate of drug-likeness (QED) is 0.340. The number of aliphatic imine (C=N–C) groups is 1. The molecule has 0 spiro atoms. The third-order valence-corrected chi connectivity index (χ3v) is 4.98. The Kier molecular flexibility index (Phi) is 5.74. The lowest BCUT2D eigenvalue weighted by molar-refractivity contribution is 0.629. The first kappa shape index (κ1) is 19.6. The Bertz CT molecular complexity index is 1160. The number of H-pyrrole nitrogens is 1. The number of benzene rings is 1. The highest BCUT2D eigenvalue weighted by Gasteiger charge is 2.06. The van der Waals surface area contributed by atoms with Crippen LogP contribution >= 0.6 is 0 Å². The van der Waals surface area contributed by atoms with E-state index in [1.807, 2.05) is 48.3 Å². The van der Waals surface area contributed by atoms with Crippen molar-refractivity contribution < 1.29 is 4.39 Å². The molecule has 0 saturated heterocycles. The van der Waals surface area contributed by atoms with Gasteiger partial charge in [-0.2, -0.15) is 0 Å². The first-order valence-corrected chi connectivity index (χ1v) is 9.79. The van der Waals surface area contributed by atoms with Crippen LogP contribution in [-0.2, 0) is 13.0 Å². The number of nitrogens with zero attached hydrogens (tertiary/aromatic N) is 4. The lowest BCUT2D eigenvalue weighted by Crippen LogP contribution is -2.37. The molecule has 4 rings (SSSR count). The average molecular weight is 405 g/mol. The van der Waals surface area contributed by atoms with Crippen LogP contribution in [0.5, 0.6) is 0 Å². The van der Waals surface area contributed by atoms with Crippen LogP contribution in [0.25, 0.3) is 16.7 Å². The van der Waals surface area contributed by atoms with E-state index < -0.39 is 0 Å². The highest BCUT2D eigenvalue weighted by atomic mass is 19.1. The van der Waals surface area contributed by atoms with Crippen molar-refractivity contribution in [2.45, 2.75) is 19.9 Å². The summed E-state index contributed by atoms with van der Waals surface area (Å²) in [5.41, 5.74) is 3.01. The van der Waals surface area contributed by atoms with E-state index in [0.717, 1.165) is 46.1 Å². The van der Waals surface area contributed by atoms with Gasteiger partial charge in [-0.15, -0.1) is 0 Å². The molecule has 4 aromatic rings. The van der Waals surface area contributed by atoms with Gasteiger partial charge in [0, 0.05) is 55.8 Å². The number of aryl methyl sites for hydroxylation is 1. The van der Waals surface area contributed by atoms with Crippen molar-refractivity contribution in [3.63, 3.8) is 0 Å². The van der Waals surface area contributed by atoms with Gasteiger partial charge in [-0.3, -0.25) is 9.56 Å². The Morgan fingerprint density at radius 3 is 2.83 bits per heavy atom. The van der Waals surface area contributed by atoms with Crippen LogP contribution in [0, 0.1) is 12.7 Å². The molecule has 0 radical (unpaired) electrons. The van der Waals surface area contributed by atoms with Crippen LogP contribution < -0.4 is 10.6 Å². The van der Waals surface area contributed by atoms with Gasteiger partial charge in [-0.05, 0) is 48.7 Å². The molecule has 7 nitrogen and oxygen atoms in total. The SMILES string of the molecule is CN=C(NCCc1c[nH]c2cc(F)ccc12)NCc1ccc(-n2ccnc2C)nc1. The smallest absolute Gasteiger partial charge is 0.191 e. The van der Waals surface area contributed by atoms with Crippen molar-refractivity contribution in [1.82, 2.24) is 30.2 Å². The molecule has 3 heterocycles. The highest BCUT2D eigenvalue weighted by Crippen LogP contribution is 2.19. The summed E-state index contributed by atoms with van der Waals surface area (Å²) in [4.78, 5) is 16.1. The third kappa shape index (κ3) is 4.32. The second-order valence-electron chi connectivity index (χ2n) is 6.98. The summed E-state index contributed by atoms with van der Waals surface area (Å²) in [6.07, 6.45) is 8.23. The summed E-state index contributed by atoms with van der Waals surface area (Å²) in [6, 6.07) is 8.82. The van der Waals surface area contributed by atoms with Crippen LogP contribution in [-0.4, -0.2) is 39.1 Å². The van der Waals surface area contributed by atoms with E-state index in [4.69, 9.17) is 0 Å². The van der Waals surface area contributed by atoms with Crippen molar-refractivity contribution in [2.75, 3.05) is 13.6 Å². The van der Waals surface area contributed by atoms with E-state index in [9.17, 15) is 4.39 Å². The van der Waals surface area contributed by atoms with Crippen molar-refractivity contribution in [3.05, 3.63) is 77.9 Å². The standard InChI is InChI=1S/C22H24FN7/c1-15-25-9-10-30(15)21-6-3-16(12-28-21)13-29-22(24-2)26-8-7-17-14-27-20-11-18(23)4-5-19(17)20/h3-6,9-12,14,27H,7-8,13H2,1-2H3,(H2,24,26,29). The van der Waals surface area contributed by atoms with Crippen molar-refractivity contribution in [3.8, 4) is 5.82 Å². The molecule has 0 atom stereocenters. The van der Waals surface area contributed by atoms with Crippen LogP contribution in [0.15, 0.2) is 60.1 Å². The number of aromatic nitrogens is 4. The number of guanidine groups is 1. The van der Waals surface area contributed by atoms with E-state index in [1.165, 1.54) is 12.1 Å². The fourth-order valence-corrected chi connectivity index (χ4v) is 3.37. The molecular weight excluding hydrogens is 381 g/mol. The maximum atomic E-state index is 13.3. The topological polar surface area (TPSA) is 82.9 Å². The average Bonchev–Trinajstić information content (AvgIpc) is 3.36. The predicted octanol–water partition coefficient (Wildman–Crippen LogP) is 3.10.